The number of rotatable bonds is 6. The van der Waals surface area contributed by atoms with Gasteiger partial charge in [-0.3, -0.25) is 0 Å². The molecular formula is C14H26O2. The predicted octanol–water partition coefficient (Wildman–Crippen LogP) is 2.85. The second-order valence-corrected chi connectivity index (χ2v) is 4.60. The molecule has 2 heteroatoms. The molecule has 1 N–H and O–H groups in total. The fraction of sp³-hybridized carbons (Fsp3) is 0.857. The van der Waals surface area contributed by atoms with Crippen LogP contribution in [0.3, 0.4) is 0 Å². The molecule has 0 fully saturated rings. The summed E-state index contributed by atoms with van der Waals surface area (Å²) in [4.78, 5) is 0. The lowest BCUT2D eigenvalue weighted by atomic mass is 10.1. The Balaban J connectivity index is 3.72. The summed E-state index contributed by atoms with van der Waals surface area (Å²) in [6.45, 7) is 10.7. The van der Waals surface area contributed by atoms with Gasteiger partial charge >= 0.3 is 0 Å². The van der Waals surface area contributed by atoms with E-state index in [1.54, 1.807) is 6.92 Å². The van der Waals surface area contributed by atoms with Crippen molar-refractivity contribution in [2.24, 2.45) is 11.8 Å². The third-order valence-corrected chi connectivity index (χ3v) is 2.80. The highest BCUT2D eigenvalue weighted by Gasteiger charge is 2.08. The molecule has 0 radical (unpaired) electrons. The lowest BCUT2D eigenvalue weighted by molar-refractivity contribution is -0.0206. The molecule has 0 aliphatic rings. The van der Waals surface area contributed by atoms with Crippen LogP contribution in [0.4, 0.5) is 0 Å². The third kappa shape index (κ3) is 7.73. The minimum absolute atomic E-state index is 0.0882. The van der Waals surface area contributed by atoms with Gasteiger partial charge in [0, 0.05) is 18.4 Å². The number of hydrogen-bond acceptors (Lipinski definition) is 2. The van der Waals surface area contributed by atoms with E-state index in [-0.39, 0.29) is 6.10 Å². The van der Waals surface area contributed by atoms with Crippen LogP contribution in [0.15, 0.2) is 0 Å². The zero-order valence-corrected chi connectivity index (χ0v) is 11.3. The SMILES string of the molecule is CCC(C)C#CC(C)CCOC(C)C(C)O. The smallest absolute Gasteiger partial charge is 0.0803 e. The Bertz CT molecular complexity index is 225. The molecule has 0 bridgehead atoms. The van der Waals surface area contributed by atoms with E-state index >= 15 is 0 Å². The Hall–Kier alpha value is -0.520. The maximum Gasteiger partial charge on any atom is 0.0803 e. The summed E-state index contributed by atoms with van der Waals surface area (Å²) >= 11 is 0. The first-order valence-corrected chi connectivity index (χ1v) is 6.28. The highest BCUT2D eigenvalue weighted by molar-refractivity contribution is 5.05. The maximum absolute atomic E-state index is 9.24. The Labute approximate surface area is 100 Å². The van der Waals surface area contributed by atoms with Crippen molar-refractivity contribution >= 4 is 0 Å². The number of aliphatic hydroxyl groups excluding tert-OH is 1. The fourth-order valence-corrected chi connectivity index (χ4v) is 1.03. The zero-order valence-electron chi connectivity index (χ0n) is 11.3. The third-order valence-electron chi connectivity index (χ3n) is 2.80. The summed E-state index contributed by atoms with van der Waals surface area (Å²) in [7, 11) is 0. The minimum Gasteiger partial charge on any atom is -0.391 e. The van der Waals surface area contributed by atoms with Crippen molar-refractivity contribution in [3.05, 3.63) is 0 Å². The topological polar surface area (TPSA) is 29.5 Å². The Kier molecular flexibility index (Phi) is 8.33. The number of hydrogen-bond donors (Lipinski definition) is 1. The van der Waals surface area contributed by atoms with Crippen LogP contribution in [0.1, 0.15) is 47.5 Å². The summed E-state index contributed by atoms with van der Waals surface area (Å²) in [5, 5.41) is 9.24. The van der Waals surface area contributed by atoms with Gasteiger partial charge in [-0.2, -0.15) is 0 Å². The highest BCUT2D eigenvalue weighted by Crippen LogP contribution is 2.05. The molecule has 2 nitrogen and oxygen atoms in total. The molecule has 0 aromatic rings. The van der Waals surface area contributed by atoms with E-state index in [1.165, 1.54) is 0 Å². The molecule has 0 spiro atoms. The van der Waals surface area contributed by atoms with Crippen molar-refractivity contribution in [1.29, 1.82) is 0 Å². The van der Waals surface area contributed by atoms with Gasteiger partial charge in [0.1, 0.15) is 0 Å². The van der Waals surface area contributed by atoms with E-state index in [0.717, 1.165) is 12.8 Å². The molecule has 0 aromatic carbocycles. The van der Waals surface area contributed by atoms with Gasteiger partial charge < -0.3 is 9.84 Å². The molecule has 0 heterocycles. The summed E-state index contributed by atoms with van der Waals surface area (Å²) in [5.74, 6) is 7.34. The largest absolute Gasteiger partial charge is 0.391 e. The van der Waals surface area contributed by atoms with Crippen LogP contribution in [0.25, 0.3) is 0 Å². The van der Waals surface area contributed by atoms with Gasteiger partial charge in [0.25, 0.3) is 0 Å². The van der Waals surface area contributed by atoms with E-state index in [0.29, 0.717) is 18.4 Å². The summed E-state index contributed by atoms with van der Waals surface area (Å²) in [6, 6.07) is 0. The first kappa shape index (κ1) is 15.5. The van der Waals surface area contributed by atoms with Crippen LogP contribution in [0.2, 0.25) is 0 Å². The number of aliphatic hydroxyl groups is 1. The normalized spacial score (nSPS) is 18.1. The second-order valence-electron chi connectivity index (χ2n) is 4.60. The van der Waals surface area contributed by atoms with E-state index in [4.69, 9.17) is 4.74 Å². The predicted molar refractivity (Wildman–Crippen MR) is 68.1 cm³/mol. The first-order chi connectivity index (χ1) is 7.47. The van der Waals surface area contributed by atoms with Crippen LogP contribution in [0.5, 0.6) is 0 Å². The molecule has 4 atom stereocenters. The average molecular weight is 226 g/mol. The Morgan fingerprint density at radius 2 is 1.62 bits per heavy atom. The minimum atomic E-state index is -0.401. The van der Waals surface area contributed by atoms with Crippen molar-refractivity contribution < 1.29 is 9.84 Å². The molecule has 0 amide bonds. The summed E-state index contributed by atoms with van der Waals surface area (Å²) in [5.41, 5.74) is 0. The van der Waals surface area contributed by atoms with Crippen LogP contribution < -0.4 is 0 Å². The van der Waals surface area contributed by atoms with Crippen molar-refractivity contribution in [3.63, 3.8) is 0 Å². The second kappa shape index (κ2) is 8.61. The quantitative estimate of drug-likeness (QED) is 0.706. The number of ether oxygens (including phenoxy) is 1. The molecule has 0 saturated heterocycles. The van der Waals surface area contributed by atoms with Gasteiger partial charge in [-0.25, -0.2) is 0 Å². The van der Waals surface area contributed by atoms with E-state index in [1.807, 2.05) is 6.92 Å². The molecule has 4 unspecified atom stereocenters. The van der Waals surface area contributed by atoms with Crippen molar-refractivity contribution in [1.82, 2.24) is 0 Å². The summed E-state index contributed by atoms with van der Waals surface area (Å²) in [6.07, 6.45) is 1.55. The molecule has 16 heavy (non-hydrogen) atoms. The molecule has 0 aliphatic heterocycles. The van der Waals surface area contributed by atoms with Crippen molar-refractivity contribution in [2.45, 2.75) is 59.7 Å². The van der Waals surface area contributed by atoms with Crippen molar-refractivity contribution in [2.75, 3.05) is 6.61 Å². The highest BCUT2D eigenvalue weighted by atomic mass is 16.5. The lowest BCUT2D eigenvalue weighted by Crippen LogP contribution is -2.23. The van der Waals surface area contributed by atoms with Crippen LogP contribution in [-0.4, -0.2) is 23.9 Å². The Morgan fingerprint density at radius 1 is 1.06 bits per heavy atom. The van der Waals surface area contributed by atoms with Crippen LogP contribution >= 0.6 is 0 Å². The monoisotopic (exact) mass is 226 g/mol. The molecule has 0 saturated carbocycles. The molecule has 0 aliphatic carbocycles. The van der Waals surface area contributed by atoms with Crippen molar-refractivity contribution in [3.8, 4) is 11.8 Å². The van der Waals surface area contributed by atoms with Gasteiger partial charge in [-0.1, -0.05) is 32.6 Å². The zero-order chi connectivity index (χ0) is 12.6. The van der Waals surface area contributed by atoms with Gasteiger partial charge in [-0.15, -0.1) is 0 Å². The molecule has 0 rings (SSSR count). The molecular weight excluding hydrogens is 200 g/mol. The van der Waals surface area contributed by atoms with Gasteiger partial charge in [0.15, 0.2) is 0 Å². The van der Waals surface area contributed by atoms with Gasteiger partial charge in [0.05, 0.1) is 12.2 Å². The average Bonchev–Trinajstić information content (AvgIpc) is 2.25. The van der Waals surface area contributed by atoms with E-state index in [2.05, 4.69) is 32.6 Å². The van der Waals surface area contributed by atoms with E-state index < -0.39 is 6.10 Å². The molecule has 94 valence electrons. The summed E-state index contributed by atoms with van der Waals surface area (Å²) < 4.78 is 5.49. The lowest BCUT2D eigenvalue weighted by Gasteiger charge is -2.16. The van der Waals surface area contributed by atoms with Crippen LogP contribution in [0, 0.1) is 23.7 Å². The van der Waals surface area contributed by atoms with Crippen LogP contribution in [-0.2, 0) is 4.74 Å². The maximum atomic E-state index is 9.24. The van der Waals surface area contributed by atoms with Gasteiger partial charge in [-0.05, 0) is 26.7 Å². The van der Waals surface area contributed by atoms with Gasteiger partial charge in [0.2, 0.25) is 0 Å². The fourth-order valence-electron chi connectivity index (χ4n) is 1.03. The van der Waals surface area contributed by atoms with E-state index in [9.17, 15) is 5.11 Å². The standard InChI is InChI=1S/C14H26O2/c1-6-11(2)7-8-12(3)9-10-16-14(5)13(4)15/h11-15H,6,9-10H2,1-5H3. The Morgan fingerprint density at radius 3 is 2.12 bits per heavy atom. The molecule has 0 aromatic heterocycles. The first-order valence-electron chi connectivity index (χ1n) is 6.28.